The first-order chi connectivity index (χ1) is 7.15. The predicted molar refractivity (Wildman–Crippen MR) is 76.1 cm³/mol. The second-order valence-corrected chi connectivity index (χ2v) is 12.0. The van der Waals surface area contributed by atoms with Crippen molar-refractivity contribution in [3.8, 4) is 0 Å². The summed E-state index contributed by atoms with van der Waals surface area (Å²) in [4.78, 5) is 16.6. The maximum atomic E-state index is 12.2. The topological polar surface area (TPSA) is 34.9 Å². The molecule has 0 saturated carbocycles. The molecule has 0 aromatic carbocycles. The van der Waals surface area contributed by atoms with Crippen molar-refractivity contribution in [2.75, 3.05) is 0 Å². The van der Waals surface area contributed by atoms with E-state index < -0.39 is 7.45 Å². The molecule has 1 aliphatic rings. The molecule has 0 aliphatic heterocycles. The summed E-state index contributed by atoms with van der Waals surface area (Å²) in [5, 5.41) is 1.63. The minimum atomic E-state index is -0.506. The van der Waals surface area contributed by atoms with Gasteiger partial charge in [0, 0.05) is 7.45 Å². The molecule has 15 heavy (non-hydrogen) atoms. The summed E-state index contributed by atoms with van der Waals surface area (Å²) in [5.74, 6) is 0.821. The van der Waals surface area contributed by atoms with Crippen molar-refractivity contribution in [2.45, 2.75) is 13.3 Å². The average Bonchev–Trinajstić information content (AvgIpc) is 2.65. The number of rotatable bonds is 2. The van der Waals surface area contributed by atoms with Crippen LogP contribution in [0.1, 0.15) is 12.2 Å². The summed E-state index contributed by atoms with van der Waals surface area (Å²) in [6.45, 7) is 1.90. The van der Waals surface area contributed by atoms with E-state index in [1.807, 2.05) is 23.4 Å². The lowest BCUT2D eigenvalue weighted by atomic mass is 10.4. The van der Waals surface area contributed by atoms with E-state index in [2.05, 4.69) is 22.8 Å². The molecular formula is C8H12N2OP4. The van der Waals surface area contributed by atoms with Gasteiger partial charge in [0.1, 0.15) is 5.82 Å². The van der Waals surface area contributed by atoms with E-state index in [-0.39, 0.29) is 5.56 Å². The summed E-state index contributed by atoms with van der Waals surface area (Å²) in [6, 6.07) is 0. The van der Waals surface area contributed by atoms with Gasteiger partial charge in [-0.1, -0.05) is 29.0 Å². The Balaban J connectivity index is 2.80. The van der Waals surface area contributed by atoms with Gasteiger partial charge >= 0.3 is 0 Å². The van der Waals surface area contributed by atoms with Crippen LogP contribution in [0.25, 0.3) is 12.2 Å². The van der Waals surface area contributed by atoms with Crippen LogP contribution in [0.5, 0.6) is 0 Å². The lowest BCUT2D eigenvalue weighted by Gasteiger charge is -2.14. The van der Waals surface area contributed by atoms with Gasteiger partial charge in [0.25, 0.3) is 5.56 Å². The maximum absolute atomic E-state index is 12.2. The molecule has 2 rings (SSSR count). The molecule has 0 radical (unpaired) electrons. The molecule has 0 saturated heterocycles. The van der Waals surface area contributed by atoms with E-state index in [9.17, 15) is 4.79 Å². The lowest BCUT2D eigenvalue weighted by molar-refractivity contribution is 0.928. The molecule has 1 aromatic heterocycles. The van der Waals surface area contributed by atoms with E-state index in [0.29, 0.717) is 7.96 Å². The molecule has 0 N–H and O–H groups in total. The van der Waals surface area contributed by atoms with Crippen molar-refractivity contribution in [1.82, 2.24) is 9.32 Å². The number of hydrogen-bond acceptors (Lipinski definition) is 2. The van der Waals surface area contributed by atoms with Crippen LogP contribution in [0.15, 0.2) is 4.79 Å². The number of fused-ring (bicyclic) bond motifs is 1. The van der Waals surface area contributed by atoms with Gasteiger partial charge < -0.3 is 0 Å². The Hall–Kier alpha value is 0.340. The fraction of sp³-hybridized carbons (Fsp3) is 0.250. The van der Waals surface area contributed by atoms with Crippen LogP contribution >= 0.6 is 33.3 Å². The SMILES string of the molecule is Cc1nc2c(c(=O)n1P(P)PP)=CCC=2. The Kier molecular flexibility index (Phi) is 3.69. The van der Waals surface area contributed by atoms with Gasteiger partial charge in [0.05, 0.1) is 10.6 Å². The van der Waals surface area contributed by atoms with Crippen molar-refractivity contribution in [2.24, 2.45) is 0 Å². The van der Waals surface area contributed by atoms with E-state index in [1.165, 1.54) is 0 Å². The summed E-state index contributed by atoms with van der Waals surface area (Å²) in [6.07, 6.45) is 4.79. The van der Waals surface area contributed by atoms with Gasteiger partial charge in [-0.05, 0) is 13.3 Å². The van der Waals surface area contributed by atoms with Crippen LogP contribution in [-0.4, -0.2) is 9.32 Å². The van der Waals surface area contributed by atoms with E-state index in [1.54, 1.807) is 0 Å². The van der Waals surface area contributed by atoms with E-state index >= 15 is 0 Å². The molecule has 0 fully saturated rings. The molecule has 0 bridgehead atoms. The Bertz CT molecular complexity index is 565. The van der Waals surface area contributed by atoms with Gasteiger partial charge in [-0.2, -0.15) is 0 Å². The third kappa shape index (κ3) is 2.09. The Morgan fingerprint density at radius 2 is 2.33 bits per heavy atom. The van der Waals surface area contributed by atoms with Gasteiger partial charge in [0.15, 0.2) is 0 Å². The summed E-state index contributed by atoms with van der Waals surface area (Å²) < 4.78 is 1.82. The average molecular weight is 276 g/mol. The Labute approximate surface area is 95.1 Å². The van der Waals surface area contributed by atoms with Crippen molar-refractivity contribution in [1.29, 1.82) is 0 Å². The smallest absolute Gasteiger partial charge is 0.264 e. The molecule has 7 heteroatoms. The highest BCUT2D eigenvalue weighted by Gasteiger charge is 2.11. The third-order valence-electron chi connectivity index (χ3n) is 2.27. The number of aromatic nitrogens is 2. The summed E-state index contributed by atoms with van der Waals surface area (Å²) in [5.41, 5.74) is 0.113. The Morgan fingerprint density at radius 3 is 3.00 bits per heavy atom. The largest absolute Gasteiger partial charge is 0.268 e. The van der Waals surface area contributed by atoms with E-state index in [4.69, 9.17) is 0 Å². The molecular weight excluding hydrogens is 264 g/mol. The predicted octanol–water partition coefficient (Wildman–Crippen LogP) is 0.935. The third-order valence-corrected chi connectivity index (χ3v) is 11.9. The molecule has 4 unspecified atom stereocenters. The van der Waals surface area contributed by atoms with Crippen molar-refractivity contribution < 1.29 is 0 Å². The van der Waals surface area contributed by atoms with Crippen LogP contribution in [-0.2, 0) is 0 Å². The second kappa shape index (κ2) is 4.68. The van der Waals surface area contributed by atoms with Gasteiger partial charge in [0.2, 0.25) is 0 Å². The molecule has 1 aliphatic carbocycles. The minimum absolute atomic E-state index is 0.113. The zero-order valence-corrected chi connectivity index (χ0v) is 12.5. The van der Waals surface area contributed by atoms with Crippen LogP contribution in [0.3, 0.4) is 0 Å². The first-order valence-electron chi connectivity index (χ1n) is 4.46. The first kappa shape index (κ1) is 11.8. The van der Waals surface area contributed by atoms with Gasteiger partial charge in [-0.15, -0.1) is 8.93 Å². The number of nitrogens with zero attached hydrogens (tertiary/aromatic N) is 2. The number of hydrogen-bond donors (Lipinski definition) is 0. The highest BCUT2D eigenvalue weighted by Crippen LogP contribution is 2.65. The minimum Gasteiger partial charge on any atom is -0.268 e. The fourth-order valence-corrected chi connectivity index (χ4v) is 5.28. The highest BCUT2D eigenvalue weighted by molar-refractivity contribution is 8.60. The zero-order valence-electron chi connectivity index (χ0n) is 8.27. The van der Waals surface area contributed by atoms with Crippen LogP contribution in [0.4, 0.5) is 0 Å². The first-order valence-corrected chi connectivity index (χ1v) is 11.0. The zero-order chi connectivity index (χ0) is 11.0. The summed E-state index contributed by atoms with van der Waals surface area (Å²) in [7, 11) is 5.61. The van der Waals surface area contributed by atoms with Gasteiger partial charge in [-0.3, -0.25) is 9.13 Å². The van der Waals surface area contributed by atoms with Crippen molar-refractivity contribution in [3.05, 3.63) is 26.7 Å². The van der Waals surface area contributed by atoms with Gasteiger partial charge in [-0.25, -0.2) is 4.98 Å². The molecule has 80 valence electrons. The second-order valence-electron chi connectivity index (χ2n) is 3.19. The van der Waals surface area contributed by atoms with Crippen LogP contribution < -0.4 is 16.1 Å². The fourth-order valence-electron chi connectivity index (χ4n) is 1.60. The monoisotopic (exact) mass is 276 g/mol. The number of aryl methyl sites for hydroxylation is 1. The highest BCUT2D eigenvalue weighted by atomic mass is 32.6. The van der Waals surface area contributed by atoms with Crippen molar-refractivity contribution in [3.63, 3.8) is 0 Å². The molecule has 3 nitrogen and oxygen atoms in total. The summed E-state index contributed by atoms with van der Waals surface area (Å²) >= 11 is 0. The van der Waals surface area contributed by atoms with E-state index in [0.717, 1.165) is 22.8 Å². The maximum Gasteiger partial charge on any atom is 0.264 e. The quantitative estimate of drug-likeness (QED) is 0.753. The normalized spacial score (nSPS) is 16.2. The molecule has 1 aromatic rings. The molecule has 1 heterocycles. The Morgan fingerprint density at radius 1 is 1.60 bits per heavy atom. The lowest BCUT2D eigenvalue weighted by Crippen LogP contribution is -2.44. The molecule has 0 amide bonds. The molecule has 4 atom stereocenters. The van der Waals surface area contributed by atoms with Crippen LogP contribution in [0.2, 0.25) is 0 Å². The van der Waals surface area contributed by atoms with Crippen LogP contribution in [0, 0.1) is 6.92 Å². The standard InChI is InChI=1S/C8H12N2OP4/c1-5-9-7-4-2-3-6(7)8(11)10(5)15(13)14-12/h3-4,14H,2,12-13H2,1H3. The molecule has 0 spiro atoms. The van der Waals surface area contributed by atoms with Crippen molar-refractivity contribution >= 4 is 45.4 Å².